The second-order valence-corrected chi connectivity index (χ2v) is 6.12. The Kier molecular flexibility index (Phi) is 7.17. The van der Waals surface area contributed by atoms with Crippen LogP contribution in [0.5, 0.6) is 5.75 Å². The number of quaternary nitrogens is 1. The summed E-state index contributed by atoms with van der Waals surface area (Å²) >= 11 is 0. The summed E-state index contributed by atoms with van der Waals surface area (Å²) in [4.78, 5) is 25.3. The quantitative estimate of drug-likeness (QED) is 0.669. The summed E-state index contributed by atoms with van der Waals surface area (Å²) in [6.07, 6.45) is 0.848. The zero-order valence-corrected chi connectivity index (χ0v) is 15.5. The monoisotopic (exact) mass is 356 g/mol. The third-order valence-electron chi connectivity index (χ3n) is 3.98. The molecule has 0 aromatic heterocycles. The minimum absolute atomic E-state index is 0.117. The summed E-state index contributed by atoms with van der Waals surface area (Å²) < 4.78 is 5.22. The van der Waals surface area contributed by atoms with Crippen LogP contribution in [0.2, 0.25) is 0 Å². The van der Waals surface area contributed by atoms with E-state index in [9.17, 15) is 9.59 Å². The average Bonchev–Trinajstić information content (AvgIpc) is 2.62. The number of aryl methyl sites for hydroxylation is 1. The number of para-hydroxylation sites is 3. The van der Waals surface area contributed by atoms with Crippen LogP contribution in [0.3, 0.4) is 0 Å². The van der Waals surface area contributed by atoms with Crippen molar-refractivity contribution in [2.75, 3.05) is 37.9 Å². The minimum Gasteiger partial charge on any atom is -0.495 e. The van der Waals surface area contributed by atoms with E-state index in [-0.39, 0.29) is 24.9 Å². The number of carbonyl (C=O) groups is 2. The maximum Gasteiger partial charge on any atom is 0.279 e. The van der Waals surface area contributed by atoms with Crippen LogP contribution in [0.15, 0.2) is 48.5 Å². The third-order valence-corrected chi connectivity index (χ3v) is 3.98. The molecule has 6 heteroatoms. The molecule has 0 aliphatic heterocycles. The van der Waals surface area contributed by atoms with E-state index >= 15 is 0 Å². The molecule has 0 radical (unpaired) electrons. The van der Waals surface area contributed by atoms with Crippen LogP contribution in [-0.2, 0) is 16.0 Å². The zero-order valence-electron chi connectivity index (χ0n) is 15.5. The largest absolute Gasteiger partial charge is 0.495 e. The summed E-state index contributed by atoms with van der Waals surface area (Å²) in [6.45, 7) is 2.43. The number of hydrogen-bond acceptors (Lipinski definition) is 3. The van der Waals surface area contributed by atoms with Gasteiger partial charge in [-0.3, -0.25) is 9.59 Å². The number of anilines is 2. The van der Waals surface area contributed by atoms with Gasteiger partial charge in [0.1, 0.15) is 5.75 Å². The van der Waals surface area contributed by atoms with E-state index in [1.165, 1.54) is 0 Å². The molecule has 0 fully saturated rings. The fraction of sp³-hybridized carbons (Fsp3) is 0.300. The van der Waals surface area contributed by atoms with Gasteiger partial charge in [-0.2, -0.15) is 0 Å². The van der Waals surface area contributed by atoms with Gasteiger partial charge in [0.2, 0.25) is 0 Å². The standard InChI is InChI=1S/C20H25N3O3/c1-4-15-9-5-6-10-16(15)21-19(24)13-23(2)14-20(25)22-17-11-7-8-12-18(17)26-3/h5-12H,4,13-14H2,1-3H3,(H,21,24)(H,22,25)/p+1. The van der Waals surface area contributed by atoms with Crippen molar-refractivity contribution < 1.29 is 19.2 Å². The number of likely N-dealkylation sites (N-methyl/N-ethyl adjacent to an activating group) is 1. The van der Waals surface area contributed by atoms with Gasteiger partial charge in [-0.1, -0.05) is 37.3 Å². The molecule has 1 atom stereocenters. The molecule has 0 saturated heterocycles. The fourth-order valence-corrected chi connectivity index (χ4v) is 2.70. The molecule has 0 spiro atoms. The summed E-state index contributed by atoms with van der Waals surface area (Å²) in [5, 5.41) is 5.74. The molecule has 0 aliphatic rings. The Hall–Kier alpha value is -2.86. The SMILES string of the molecule is CCc1ccccc1NC(=O)C[NH+](C)CC(=O)Nc1ccccc1OC. The predicted octanol–water partition coefficient (Wildman–Crippen LogP) is 1.35. The molecular weight excluding hydrogens is 330 g/mol. The van der Waals surface area contributed by atoms with E-state index in [0.29, 0.717) is 11.4 Å². The third kappa shape index (κ3) is 5.60. The van der Waals surface area contributed by atoms with Gasteiger partial charge in [0.05, 0.1) is 19.8 Å². The maximum absolute atomic E-state index is 12.2. The van der Waals surface area contributed by atoms with Crippen LogP contribution in [0.1, 0.15) is 12.5 Å². The molecule has 1 unspecified atom stereocenters. The van der Waals surface area contributed by atoms with Crippen LogP contribution < -0.4 is 20.3 Å². The summed E-state index contributed by atoms with van der Waals surface area (Å²) in [5.41, 5.74) is 2.54. The zero-order chi connectivity index (χ0) is 18.9. The molecular formula is C20H26N3O3+. The molecule has 0 heterocycles. The molecule has 2 rings (SSSR count). The first-order chi connectivity index (χ1) is 12.5. The lowest BCUT2D eigenvalue weighted by molar-refractivity contribution is -0.862. The summed E-state index contributed by atoms with van der Waals surface area (Å²) in [6, 6.07) is 15.0. The topological polar surface area (TPSA) is 71.9 Å². The molecule has 0 bridgehead atoms. The average molecular weight is 356 g/mol. The van der Waals surface area contributed by atoms with Gasteiger partial charge >= 0.3 is 0 Å². The van der Waals surface area contributed by atoms with Crippen molar-refractivity contribution in [3.05, 3.63) is 54.1 Å². The Balaban J connectivity index is 1.86. The minimum atomic E-state index is -0.172. The molecule has 2 aromatic rings. The van der Waals surface area contributed by atoms with Crippen LogP contribution in [0.4, 0.5) is 11.4 Å². The van der Waals surface area contributed by atoms with Gasteiger partial charge in [0.25, 0.3) is 11.8 Å². The van der Waals surface area contributed by atoms with Gasteiger partial charge in [0, 0.05) is 5.69 Å². The second kappa shape index (κ2) is 9.58. The highest BCUT2D eigenvalue weighted by molar-refractivity contribution is 5.94. The fourth-order valence-electron chi connectivity index (χ4n) is 2.70. The summed E-state index contributed by atoms with van der Waals surface area (Å²) in [7, 11) is 3.37. The lowest BCUT2D eigenvalue weighted by Gasteiger charge is -2.15. The highest BCUT2D eigenvalue weighted by atomic mass is 16.5. The number of ether oxygens (including phenoxy) is 1. The first kappa shape index (κ1) is 19.5. The molecule has 26 heavy (non-hydrogen) atoms. The highest BCUT2D eigenvalue weighted by Crippen LogP contribution is 2.22. The number of nitrogens with one attached hydrogen (secondary N) is 3. The Morgan fingerprint density at radius 2 is 1.46 bits per heavy atom. The molecule has 0 aliphatic carbocycles. The lowest BCUT2D eigenvalue weighted by atomic mass is 10.1. The molecule has 3 N–H and O–H groups in total. The van der Waals surface area contributed by atoms with Gasteiger partial charge in [-0.25, -0.2) is 0 Å². The van der Waals surface area contributed by atoms with E-state index < -0.39 is 0 Å². The van der Waals surface area contributed by atoms with Crippen molar-refractivity contribution in [2.45, 2.75) is 13.3 Å². The molecule has 2 aromatic carbocycles. The number of benzene rings is 2. The van der Waals surface area contributed by atoms with E-state index in [4.69, 9.17) is 4.74 Å². The molecule has 2 amide bonds. The van der Waals surface area contributed by atoms with E-state index in [1.54, 1.807) is 19.2 Å². The van der Waals surface area contributed by atoms with Crippen LogP contribution in [0, 0.1) is 0 Å². The Morgan fingerprint density at radius 1 is 0.923 bits per heavy atom. The molecule has 0 saturated carbocycles. The van der Waals surface area contributed by atoms with E-state index in [2.05, 4.69) is 10.6 Å². The Morgan fingerprint density at radius 3 is 2.08 bits per heavy atom. The molecule has 6 nitrogen and oxygen atoms in total. The Bertz CT molecular complexity index is 698. The highest BCUT2D eigenvalue weighted by Gasteiger charge is 2.16. The van der Waals surface area contributed by atoms with Gasteiger partial charge in [-0.15, -0.1) is 0 Å². The van der Waals surface area contributed by atoms with Crippen LogP contribution in [0.25, 0.3) is 0 Å². The summed E-state index contributed by atoms with van der Waals surface area (Å²) in [5.74, 6) is 0.315. The number of hydrogen-bond donors (Lipinski definition) is 3. The van der Waals surface area contributed by atoms with Crippen molar-refractivity contribution in [2.24, 2.45) is 0 Å². The van der Waals surface area contributed by atoms with Crippen molar-refractivity contribution in [1.29, 1.82) is 0 Å². The van der Waals surface area contributed by atoms with Crippen LogP contribution in [-0.4, -0.2) is 39.1 Å². The van der Waals surface area contributed by atoms with E-state index in [0.717, 1.165) is 22.6 Å². The van der Waals surface area contributed by atoms with E-state index in [1.807, 2.05) is 50.4 Å². The van der Waals surface area contributed by atoms with Crippen molar-refractivity contribution in [3.63, 3.8) is 0 Å². The smallest absolute Gasteiger partial charge is 0.279 e. The predicted molar refractivity (Wildman–Crippen MR) is 103 cm³/mol. The normalized spacial score (nSPS) is 11.5. The van der Waals surface area contributed by atoms with Gasteiger partial charge < -0.3 is 20.3 Å². The lowest BCUT2D eigenvalue weighted by Crippen LogP contribution is -3.11. The first-order valence-corrected chi connectivity index (χ1v) is 8.65. The van der Waals surface area contributed by atoms with Crippen molar-refractivity contribution in [1.82, 2.24) is 0 Å². The number of carbonyl (C=O) groups excluding carboxylic acids is 2. The van der Waals surface area contributed by atoms with Gasteiger partial charge in [-0.05, 0) is 30.2 Å². The van der Waals surface area contributed by atoms with Crippen molar-refractivity contribution in [3.8, 4) is 5.75 Å². The van der Waals surface area contributed by atoms with Gasteiger partial charge in [0.15, 0.2) is 13.1 Å². The Labute approximate surface area is 154 Å². The number of methoxy groups -OCH3 is 1. The molecule has 138 valence electrons. The van der Waals surface area contributed by atoms with Crippen molar-refractivity contribution >= 4 is 23.2 Å². The first-order valence-electron chi connectivity index (χ1n) is 8.65. The number of amides is 2. The van der Waals surface area contributed by atoms with Crippen LogP contribution >= 0.6 is 0 Å². The second-order valence-electron chi connectivity index (χ2n) is 6.12. The number of rotatable bonds is 8. The maximum atomic E-state index is 12.2.